The van der Waals surface area contributed by atoms with Gasteiger partial charge in [-0.05, 0) is 54.3 Å². The Hall–Kier alpha value is -2.28. The van der Waals surface area contributed by atoms with Crippen LogP contribution in [0.2, 0.25) is 26.2 Å². The summed E-state index contributed by atoms with van der Waals surface area (Å²) in [6, 6.07) is 23.9. The lowest BCUT2D eigenvalue weighted by Gasteiger charge is -2.22. The van der Waals surface area contributed by atoms with Gasteiger partial charge >= 0.3 is 0 Å². The minimum absolute atomic E-state index is 1.05. The first-order valence-electron chi connectivity index (χ1n) is 9.50. The van der Waals surface area contributed by atoms with Gasteiger partial charge in [0.2, 0.25) is 16.6 Å². The van der Waals surface area contributed by atoms with E-state index in [0.717, 1.165) is 11.0 Å². The molecule has 4 aromatic rings. The molecule has 3 aromatic carbocycles. The first-order chi connectivity index (χ1) is 12.9. The Labute approximate surface area is 162 Å². The second-order valence-corrected chi connectivity index (χ2v) is 16.3. The molecule has 0 radical (unpaired) electrons. The van der Waals surface area contributed by atoms with Crippen molar-refractivity contribution in [3.8, 4) is 11.1 Å². The highest BCUT2D eigenvalue weighted by molar-refractivity contribution is 7.06. The van der Waals surface area contributed by atoms with Crippen molar-refractivity contribution in [2.24, 2.45) is 0 Å². The van der Waals surface area contributed by atoms with Gasteiger partial charge in [-0.3, -0.25) is 0 Å². The normalized spacial score (nSPS) is 17.3. The molecule has 5 rings (SSSR count). The summed E-state index contributed by atoms with van der Waals surface area (Å²) in [7, 11) is -3.73. The van der Waals surface area contributed by atoms with E-state index in [-0.39, 0.29) is 0 Å². The number of benzene rings is 3. The van der Waals surface area contributed by atoms with Crippen molar-refractivity contribution in [3.05, 3.63) is 66.7 Å². The highest BCUT2D eigenvalue weighted by Gasteiger charge is 2.46. The summed E-state index contributed by atoms with van der Waals surface area (Å²) in [6.45, 7) is 9.29. The molecule has 1 aliphatic rings. The smallest absolute Gasteiger partial charge is 0.206 e. The van der Waals surface area contributed by atoms with Gasteiger partial charge in [-0.15, -0.1) is 0 Å². The van der Waals surface area contributed by atoms with Crippen LogP contribution in [0.5, 0.6) is 0 Å². The molecule has 0 aliphatic carbocycles. The fraction of sp³-hybridized carbons (Fsp3) is 0.174. The molecule has 0 unspecified atom stereocenters. The zero-order valence-corrected chi connectivity index (χ0v) is 18.2. The fourth-order valence-electron chi connectivity index (χ4n) is 4.60. The second-order valence-electron chi connectivity index (χ2n) is 8.41. The van der Waals surface area contributed by atoms with E-state index in [1.54, 1.807) is 0 Å². The summed E-state index contributed by atoms with van der Waals surface area (Å²) in [5.41, 5.74) is 4.67. The molecule has 0 amide bonds. The summed E-state index contributed by atoms with van der Waals surface area (Å²) in [5, 5.41) is 5.36. The van der Waals surface area contributed by atoms with Crippen LogP contribution in [0.3, 0.4) is 0 Å². The lowest BCUT2D eigenvalue weighted by Crippen LogP contribution is -2.44. The average molecular weight is 386 g/mol. The Bertz CT molecular complexity index is 1200. The van der Waals surface area contributed by atoms with Crippen molar-refractivity contribution in [3.63, 3.8) is 0 Å². The molecule has 0 atom stereocenters. The number of nitrogens with zero attached hydrogens (tertiary/aromatic N) is 1. The molecular formula is C23H23NOSi2. The van der Waals surface area contributed by atoms with Crippen LogP contribution >= 0.6 is 0 Å². The Kier molecular flexibility index (Phi) is 3.51. The molecule has 0 bridgehead atoms. The lowest BCUT2D eigenvalue weighted by atomic mass is 9.96. The van der Waals surface area contributed by atoms with Crippen LogP contribution in [-0.2, 0) is 4.12 Å². The monoisotopic (exact) mass is 385 g/mol. The quantitative estimate of drug-likeness (QED) is 0.343. The molecule has 0 saturated carbocycles. The van der Waals surface area contributed by atoms with Gasteiger partial charge in [0, 0.05) is 16.3 Å². The van der Waals surface area contributed by atoms with Crippen LogP contribution < -0.4 is 10.4 Å². The van der Waals surface area contributed by atoms with Crippen LogP contribution in [0.4, 0.5) is 0 Å². The Morgan fingerprint density at radius 3 is 2.04 bits per heavy atom. The SMILES string of the molecule is C[Si]1(C)O[Si](C)(C)c2cc3c(-c4ccccc4)c4ccccc4nc3cc21. The molecule has 0 fully saturated rings. The van der Waals surface area contributed by atoms with Gasteiger partial charge in [0.05, 0.1) is 11.0 Å². The van der Waals surface area contributed by atoms with E-state index in [2.05, 4.69) is 92.9 Å². The van der Waals surface area contributed by atoms with E-state index in [4.69, 9.17) is 9.10 Å². The highest BCUT2D eigenvalue weighted by Crippen LogP contribution is 2.35. The molecule has 0 N–H and O–H groups in total. The van der Waals surface area contributed by atoms with Gasteiger partial charge in [-0.1, -0.05) is 54.6 Å². The maximum atomic E-state index is 6.67. The van der Waals surface area contributed by atoms with Crippen LogP contribution in [0.1, 0.15) is 0 Å². The van der Waals surface area contributed by atoms with Crippen molar-refractivity contribution in [2.45, 2.75) is 26.2 Å². The number of hydrogen-bond acceptors (Lipinski definition) is 2. The summed E-state index contributed by atoms with van der Waals surface area (Å²) >= 11 is 0. The van der Waals surface area contributed by atoms with Crippen LogP contribution in [-0.4, -0.2) is 21.6 Å². The molecule has 4 heteroatoms. The van der Waals surface area contributed by atoms with E-state index < -0.39 is 16.6 Å². The number of aromatic nitrogens is 1. The van der Waals surface area contributed by atoms with Gasteiger partial charge < -0.3 is 4.12 Å². The first kappa shape index (κ1) is 16.9. The zero-order valence-electron chi connectivity index (χ0n) is 16.2. The zero-order chi connectivity index (χ0) is 18.8. The van der Waals surface area contributed by atoms with E-state index >= 15 is 0 Å². The topological polar surface area (TPSA) is 22.1 Å². The standard InChI is InChI=1S/C23H23NOSi2/c1-26(2)21-14-18-20(15-22(21)27(3,4)25-26)24-19-13-9-8-12-17(19)23(18)16-10-6-5-7-11-16/h5-15H,1-4H3. The first-order valence-corrected chi connectivity index (χ1v) is 15.3. The Balaban J connectivity index is 1.96. The van der Waals surface area contributed by atoms with Crippen molar-refractivity contribution in [2.75, 3.05) is 0 Å². The number of para-hydroxylation sites is 1. The maximum absolute atomic E-state index is 6.67. The minimum atomic E-state index is -1.87. The van der Waals surface area contributed by atoms with Crippen LogP contribution in [0.15, 0.2) is 66.7 Å². The van der Waals surface area contributed by atoms with Crippen molar-refractivity contribution >= 4 is 48.8 Å². The van der Waals surface area contributed by atoms with Crippen molar-refractivity contribution in [1.82, 2.24) is 4.98 Å². The number of pyridine rings is 1. The third-order valence-electron chi connectivity index (χ3n) is 5.69. The molecule has 0 spiro atoms. The molecule has 27 heavy (non-hydrogen) atoms. The van der Waals surface area contributed by atoms with Gasteiger partial charge in [-0.2, -0.15) is 0 Å². The molecule has 2 nitrogen and oxygen atoms in total. The summed E-state index contributed by atoms with van der Waals surface area (Å²) in [6.07, 6.45) is 0. The molecule has 1 aromatic heterocycles. The predicted molar refractivity (Wildman–Crippen MR) is 120 cm³/mol. The fourth-order valence-corrected chi connectivity index (χ4v) is 14.8. The molecule has 2 heterocycles. The van der Waals surface area contributed by atoms with Crippen LogP contribution in [0, 0.1) is 0 Å². The van der Waals surface area contributed by atoms with Gasteiger partial charge in [0.15, 0.2) is 0 Å². The highest BCUT2D eigenvalue weighted by atomic mass is 28.4. The predicted octanol–water partition coefficient (Wildman–Crippen LogP) is 4.91. The van der Waals surface area contributed by atoms with Crippen molar-refractivity contribution in [1.29, 1.82) is 0 Å². The van der Waals surface area contributed by atoms with Gasteiger partial charge in [0.25, 0.3) is 0 Å². The molecule has 134 valence electrons. The van der Waals surface area contributed by atoms with E-state index in [1.165, 1.54) is 32.3 Å². The largest absolute Gasteiger partial charge is 0.449 e. The molecule has 0 saturated heterocycles. The Morgan fingerprint density at radius 2 is 1.30 bits per heavy atom. The third-order valence-corrected chi connectivity index (χ3v) is 13.4. The number of fused-ring (bicyclic) bond motifs is 3. The minimum Gasteiger partial charge on any atom is -0.449 e. The number of rotatable bonds is 1. The third kappa shape index (κ3) is 2.51. The second kappa shape index (κ2) is 5.61. The summed E-state index contributed by atoms with van der Waals surface area (Å²) in [4.78, 5) is 5.04. The summed E-state index contributed by atoms with van der Waals surface area (Å²) in [5.74, 6) is 0. The average Bonchev–Trinajstić information content (AvgIpc) is 2.82. The van der Waals surface area contributed by atoms with Crippen LogP contribution in [0.25, 0.3) is 32.9 Å². The van der Waals surface area contributed by atoms with Gasteiger partial charge in [-0.25, -0.2) is 4.98 Å². The molecule has 1 aliphatic heterocycles. The Morgan fingerprint density at radius 1 is 0.667 bits per heavy atom. The van der Waals surface area contributed by atoms with E-state index in [0.29, 0.717) is 0 Å². The maximum Gasteiger partial charge on any atom is 0.206 e. The van der Waals surface area contributed by atoms with Crippen molar-refractivity contribution < 1.29 is 4.12 Å². The number of hydrogen-bond donors (Lipinski definition) is 0. The molecular weight excluding hydrogens is 362 g/mol. The summed E-state index contributed by atoms with van der Waals surface area (Å²) < 4.78 is 6.67. The van der Waals surface area contributed by atoms with Gasteiger partial charge in [0.1, 0.15) is 0 Å². The van der Waals surface area contributed by atoms with E-state index in [1.807, 2.05) is 0 Å². The lowest BCUT2D eigenvalue weighted by molar-refractivity contribution is 0.583. The van der Waals surface area contributed by atoms with E-state index in [9.17, 15) is 0 Å².